The third kappa shape index (κ3) is 1.74. The first-order valence-corrected chi connectivity index (χ1v) is 4.71. The largest absolute Gasteiger partial charge is 0.368 e. The fraction of sp³-hybridized carbons (Fsp3) is 0.455. The van der Waals surface area contributed by atoms with E-state index < -0.39 is 0 Å². The second kappa shape index (κ2) is 3.48. The van der Waals surface area contributed by atoms with Crippen LogP contribution < -0.4 is 5.32 Å². The minimum Gasteiger partial charge on any atom is -0.368 e. The monoisotopic (exact) mass is 177 g/mol. The molecule has 1 aromatic carbocycles. The maximum absolute atomic E-state index is 5.79. The van der Waals surface area contributed by atoms with Crippen LogP contribution in [0.5, 0.6) is 0 Å². The zero-order valence-corrected chi connectivity index (χ0v) is 7.92. The van der Waals surface area contributed by atoms with Gasteiger partial charge in [-0.05, 0) is 12.5 Å². The quantitative estimate of drug-likeness (QED) is 0.702. The molecule has 2 rings (SSSR count). The van der Waals surface area contributed by atoms with Crippen molar-refractivity contribution in [3.8, 4) is 0 Å². The van der Waals surface area contributed by atoms with Crippen molar-refractivity contribution in [3.63, 3.8) is 0 Å². The van der Waals surface area contributed by atoms with Crippen molar-refractivity contribution in [2.24, 2.45) is 0 Å². The molecule has 0 amide bonds. The lowest BCUT2D eigenvalue weighted by Crippen LogP contribution is -2.45. The predicted molar refractivity (Wildman–Crippen MR) is 52.6 cm³/mol. The van der Waals surface area contributed by atoms with E-state index in [4.69, 9.17) is 4.74 Å². The molecule has 70 valence electrons. The molecule has 1 saturated heterocycles. The number of morpholine rings is 1. The average Bonchev–Trinajstić information content (AvgIpc) is 2.20. The van der Waals surface area contributed by atoms with Crippen LogP contribution in [0.15, 0.2) is 30.3 Å². The lowest BCUT2D eigenvalue weighted by molar-refractivity contribution is -0.0572. The number of hydrogen-bond acceptors (Lipinski definition) is 2. The van der Waals surface area contributed by atoms with Gasteiger partial charge in [-0.3, -0.25) is 0 Å². The summed E-state index contributed by atoms with van der Waals surface area (Å²) in [6, 6.07) is 10.4. The summed E-state index contributed by atoms with van der Waals surface area (Å²) in [5.74, 6) is 0. The summed E-state index contributed by atoms with van der Waals surface area (Å²) in [5.41, 5.74) is 1.11. The number of rotatable bonds is 1. The predicted octanol–water partition coefficient (Wildman–Crippen LogP) is 1.52. The summed E-state index contributed by atoms with van der Waals surface area (Å²) in [6.45, 7) is 4.79. The first-order valence-electron chi connectivity index (χ1n) is 4.71. The van der Waals surface area contributed by atoms with E-state index in [1.165, 1.54) is 5.56 Å². The molecular weight excluding hydrogens is 162 g/mol. The number of hydrogen-bond donors (Lipinski definition) is 1. The van der Waals surface area contributed by atoms with Gasteiger partial charge < -0.3 is 10.1 Å². The Morgan fingerprint density at radius 2 is 2.08 bits per heavy atom. The second-order valence-corrected chi connectivity index (χ2v) is 3.62. The third-order valence-electron chi connectivity index (χ3n) is 2.55. The first kappa shape index (κ1) is 8.73. The molecule has 0 aliphatic carbocycles. The lowest BCUT2D eigenvalue weighted by atomic mass is 9.95. The Morgan fingerprint density at radius 3 is 2.69 bits per heavy atom. The Bertz CT molecular complexity index is 265. The van der Waals surface area contributed by atoms with Crippen molar-refractivity contribution in [2.45, 2.75) is 12.5 Å². The maximum Gasteiger partial charge on any atom is 0.103 e. The Labute approximate surface area is 78.9 Å². The van der Waals surface area contributed by atoms with Gasteiger partial charge in [0.1, 0.15) is 5.60 Å². The Kier molecular flexibility index (Phi) is 2.34. The Morgan fingerprint density at radius 1 is 1.31 bits per heavy atom. The van der Waals surface area contributed by atoms with E-state index in [0.717, 1.165) is 19.7 Å². The molecule has 0 saturated carbocycles. The number of ether oxygens (including phenoxy) is 1. The van der Waals surface area contributed by atoms with Crippen molar-refractivity contribution in [2.75, 3.05) is 19.7 Å². The van der Waals surface area contributed by atoms with Crippen molar-refractivity contribution < 1.29 is 4.74 Å². The van der Waals surface area contributed by atoms with Crippen LogP contribution in [0.2, 0.25) is 0 Å². The van der Waals surface area contributed by atoms with Crippen molar-refractivity contribution in [3.05, 3.63) is 35.9 Å². The third-order valence-corrected chi connectivity index (χ3v) is 2.55. The van der Waals surface area contributed by atoms with E-state index >= 15 is 0 Å². The zero-order chi connectivity index (χ0) is 9.15. The van der Waals surface area contributed by atoms with Crippen LogP contribution in [-0.2, 0) is 10.3 Å². The molecule has 2 nitrogen and oxygen atoms in total. The summed E-state index contributed by atoms with van der Waals surface area (Å²) >= 11 is 0. The molecule has 0 aromatic heterocycles. The minimum atomic E-state index is -0.139. The molecule has 1 aromatic rings. The summed E-state index contributed by atoms with van der Waals surface area (Å²) in [7, 11) is 0. The molecule has 1 N–H and O–H groups in total. The molecule has 1 aliphatic rings. The maximum atomic E-state index is 5.79. The summed E-state index contributed by atoms with van der Waals surface area (Å²) in [6.07, 6.45) is 0. The van der Waals surface area contributed by atoms with Crippen molar-refractivity contribution >= 4 is 0 Å². The van der Waals surface area contributed by atoms with Crippen LogP contribution in [0.25, 0.3) is 0 Å². The van der Waals surface area contributed by atoms with Gasteiger partial charge in [0.15, 0.2) is 0 Å². The zero-order valence-electron chi connectivity index (χ0n) is 7.92. The highest BCUT2D eigenvalue weighted by molar-refractivity contribution is 5.22. The molecule has 1 fully saturated rings. The van der Waals surface area contributed by atoms with E-state index in [-0.39, 0.29) is 5.60 Å². The van der Waals surface area contributed by atoms with Gasteiger partial charge in [-0.1, -0.05) is 30.3 Å². The van der Waals surface area contributed by atoms with Crippen molar-refractivity contribution in [1.29, 1.82) is 0 Å². The highest BCUT2D eigenvalue weighted by Crippen LogP contribution is 2.25. The molecule has 1 heterocycles. The molecule has 13 heavy (non-hydrogen) atoms. The standard InChI is InChI=1S/C11H15NO/c1-11(9-12-7-8-13-11)10-5-3-2-4-6-10/h2-6,12H,7-9H2,1H3/t11-/m1/s1. The smallest absolute Gasteiger partial charge is 0.103 e. The van der Waals surface area contributed by atoms with Crippen molar-refractivity contribution in [1.82, 2.24) is 5.32 Å². The average molecular weight is 177 g/mol. The van der Waals surface area contributed by atoms with Crippen LogP contribution in [0.3, 0.4) is 0 Å². The van der Waals surface area contributed by atoms with Gasteiger partial charge in [-0.15, -0.1) is 0 Å². The van der Waals surface area contributed by atoms with E-state index in [2.05, 4.69) is 36.5 Å². The van der Waals surface area contributed by atoms with Crippen LogP contribution in [0.4, 0.5) is 0 Å². The van der Waals surface area contributed by atoms with Gasteiger partial charge in [-0.25, -0.2) is 0 Å². The van der Waals surface area contributed by atoms with Gasteiger partial charge in [-0.2, -0.15) is 0 Å². The molecule has 0 spiro atoms. The second-order valence-electron chi connectivity index (χ2n) is 3.62. The molecule has 1 atom stereocenters. The fourth-order valence-electron chi connectivity index (χ4n) is 1.70. The number of nitrogens with one attached hydrogen (secondary N) is 1. The normalized spacial score (nSPS) is 28.7. The summed E-state index contributed by atoms with van der Waals surface area (Å²) < 4.78 is 5.79. The number of benzene rings is 1. The first-order chi connectivity index (χ1) is 6.31. The molecule has 1 aliphatic heterocycles. The molecule has 0 unspecified atom stereocenters. The van der Waals surface area contributed by atoms with Gasteiger partial charge in [0.25, 0.3) is 0 Å². The Hall–Kier alpha value is -0.860. The van der Waals surface area contributed by atoms with E-state index in [9.17, 15) is 0 Å². The van der Waals surface area contributed by atoms with Crippen LogP contribution >= 0.6 is 0 Å². The molecule has 0 bridgehead atoms. The van der Waals surface area contributed by atoms with Gasteiger partial charge in [0, 0.05) is 13.1 Å². The van der Waals surface area contributed by atoms with Crippen LogP contribution in [0, 0.1) is 0 Å². The van der Waals surface area contributed by atoms with Gasteiger partial charge >= 0.3 is 0 Å². The summed E-state index contributed by atoms with van der Waals surface area (Å²) in [5, 5.41) is 3.35. The Balaban J connectivity index is 2.23. The van der Waals surface area contributed by atoms with Crippen LogP contribution in [-0.4, -0.2) is 19.7 Å². The molecular formula is C11H15NO. The topological polar surface area (TPSA) is 21.3 Å². The highest BCUT2D eigenvalue weighted by Gasteiger charge is 2.29. The fourth-order valence-corrected chi connectivity index (χ4v) is 1.70. The minimum absolute atomic E-state index is 0.139. The summed E-state index contributed by atoms with van der Waals surface area (Å²) in [4.78, 5) is 0. The SMILES string of the molecule is C[C@]1(c2ccccc2)CNCCO1. The molecule has 0 radical (unpaired) electrons. The molecule has 2 heteroatoms. The van der Waals surface area contributed by atoms with E-state index in [1.807, 2.05) is 6.07 Å². The van der Waals surface area contributed by atoms with E-state index in [0.29, 0.717) is 0 Å². The van der Waals surface area contributed by atoms with Crippen LogP contribution in [0.1, 0.15) is 12.5 Å². The van der Waals surface area contributed by atoms with Gasteiger partial charge in [0.05, 0.1) is 6.61 Å². The lowest BCUT2D eigenvalue weighted by Gasteiger charge is -2.34. The highest BCUT2D eigenvalue weighted by atomic mass is 16.5. The van der Waals surface area contributed by atoms with Gasteiger partial charge in [0.2, 0.25) is 0 Å². The van der Waals surface area contributed by atoms with E-state index in [1.54, 1.807) is 0 Å².